The lowest BCUT2D eigenvalue weighted by Gasteiger charge is -2.34. The van der Waals surface area contributed by atoms with Crippen molar-refractivity contribution in [2.75, 3.05) is 19.6 Å². The molecule has 0 aromatic heterocycles. The maximum atomic E-state index is 12.6. The van der Waals surface area contributed by atoms with Gasteiger partial charge in [0.25, 0.3) is 0 Å². The number of amides is 3. The van der Waals surface area contributed by atoms with E-state index in [1.54, 1.807) is 9.80 Å². The van der Waals surface area contributed by atoms with E-state index in [1.807, 2.05) is 13.8 Å². The fourth-order valence-electron chi connectivity index (χ4n) is 3.15. The molecule has 2 fully saturated rings. The molecule has 124 valence electrons. The molecule has 0 aliphatic carbocycles. The van der Waals surface area contributed by atoms with Crippen LogP contribution in [0.1, 0.15) is 39.5 Å². The highest BCUT2D eigenvalue weighted by Gasteiger charge is 2.38. The fourth-order valence-corrected chi connectivity index (χ4v) is 3.15. The van der Waals surface area contributed by atoms with Crippen LogP contribution in [0.3, 0.4) is 0 Å². The van der Waals surface area contributed by atoms with Gasteiger partial charge in [0.15, 0.2) is 0 Å². The van der Waals surface area contributed by atoms with Gasteiger partial charge in [0.05, 0.1) is 5.92 Å². The Balaban J connectivity index is 1.94. The minimum absolute atomic E-state index is 0.0372. The zero-order chi connectivity index (χ0) is 16.3. The number of carboxylic acids is 1. The third kappa shape index (κ3) is 3.69. The zero-order valence-corrected chi connectivity index (χ0v) is 13.2. The highest BCUT2D eigenvalue weighted by molar-refractivity contribution is 5.88. The van der Waals surface area contributed by atoms with Crippen LogP contribution in [0.4, 0.5) is 4.79 Å². The molecule has 2 N–H and O–H groups in total. The number of hydrogen-bond acceptors (Lipinski definition) is 3. The predicted molar refractivity (Wildman–Crippen MR) is 80.3 cm³/mol. The van der Waals surface area contributed by atoms with Crippen molar-refractivity contribution in [2.24, 2.45) is 5.92 Å². The Morgan fingerprint density at radius 2 is 1.73 bits per heavy atom. The van der Waals surface area contributed by atoms with Crippen LogP contribution in [0, 0.1) is 5.92 Å². The molecule has 0 spiro atoms. The number of urea groups is 1. The second kappa shape index (κ2) is 6.98. The number of carbonyl (C=O) groups excluding carboxylic acids is 2. The molecule has 0 radical (unpaired) electrons. The van der Waals surface area contributed by atoms with Crippen LogP contribution in [0.15, 0.2) is 0 Å². The maximum Gasteiger partial charge on any atom is 0.318 e. The van der Waals surface area contributed by atoms with Gasteiger partial charge in [-0.15, -0.1) is 0 Å². The van der Waals surface area contributed by atoms with Crippen molar-refractivity contribution in [3.8, 4) is 0 Å². The second-order valence-corrected chi connectivity index (χ2v) is 6.39. The highest BCUT2D eigenvalue weighted by atomic mass is 16.4. The van der Waals surface area contributed by atoms with Gasteiger partial charge in [-0.3, -0.25) is 9.59 Å². The first-order chi connectivity index (χ1) is 10.4. The number of nitrogens with zero attached hydrogens (tertiary/aromatic N) is 2. The van der Waals surface area contributed by atoms with E-state index in [9.17, 15) is 14.4 Å². The standard InChI is InChI=1S/C15H25N3O4/c1-10(2)16-15(22)18-7-3-4-12(18)13(19)17-8-5-11(6-9-17)14(20)21/h10-12H,3-9H2,1-2H3,(H,16,22)(H,20,21)/t12-/m0/s1. The summed E-state index contributed by atoms with van der Waals surface area (Å²) in [6, 6.07) is -0.554. The third-order valence-corrected chi connectivity index (χ3v) is 4.37. The summed E-state index contributed by atoms with van der Waals surface area (Å²) in [4.78, 5) is 39.1. The van der Waals surface area contributed by atoms with Gasteiger partial charge in [-0.1, -0.05) is 0 Å². The van der Waals surface area contributed by atoms with E-state index in [-0.39, 0.29) is 23.9 Å². The largest absolute Gasteiger partial charge is 0.481 e. The quantitative estimate of drug-likeness (QED) is 0.810. The van der Waals surface area contributed by atoms with Gasteiger partial charge in [-0.2, -0.15) is 0 Å². The molecule has 0 aromatic rings. The summed E-state index contributed by atoms with van der Waals surface area (Å²) in [5, 5.41) is 11.8. The first-order valence-electron chi connectivity index (χ1n) is 7.99. The Bertz CT molecular complexity index is 444. The Morgan fingerprint density at radius 3 is 2.27 bits per heavy atom. The average Bonchev–Trinajstić information content (AvgIpc) is 2.95. The van der Waals surface area contributed by atoms with Crippen molar-refractivity contribution in [1.82, 2.24) is 15.1 Å². The van der Waals surface area contributed by atoms with Crippen LogP contribution in [0.2, 0.25) is 0 Å². The van der Waals surface area contributed by atoms with Crippen molar-refractivity contribution in [2.45, 2.75) is 51.6 Å². The first-order valence-corrected chi connectivity index (χ1v) is 7.99. The SMILES string of the molecule is CC(C)NC(=O)N1CCC[C@H]1C(=O)N1CCC(C(=O)O)CC1. The lowest BCUT2D eigenvalue weighted by molar-refractivity contribution is -0.146. The van der Waals surface area contributed by atoms with Gasteiger partial charge in [0, 0.05) is 25.7 Å². The number of hydrogen-bond donors (Lipinski definition) is 2. The van der Waals surface area contributed by atoms with E-state index in [0.717, 1.165) is 6.42 Å². The molecule has 0 bridgehead atoms. The Morgan fingerprint density at radius 1 is 1.09 bits per heavy atom. The summed E-state index contributed by atoms with van der Waals surface area (Å²) < 4.78 is 0. The van der Waals surface area contributed by atoms with Crippen molar-refractivity contribution in [3.05, 3.63) is 0 Å². The fraction of sp³-hybridized carbons (Fsp3) is 0.800. The van der Waals surface area contributed by atoms with Gasteiger partial charge in [0.2, 0.25) is 5.91 Å². The monoisotopic (exact) mass is 311 g/mol. The summed E-state index contributed by atoms with van der Waals surface area (Å²) in [6.07, 6.45) is 2.49. The molecule has 2 heterocycles. The van der Waals surface area contributed by atoms with Crippen molar-refractivity contribution < 1.29 is 19.5 Å². The molecule has 3 amide bonds. The molecule has 2 aliphatic rings. The third-order valence-electron chi connectivity index (χ3n) is 4.37. The van der Waals surface area contributed by atoms with E-state index < -0.39 is 12.0 Å². The highest BCUT2D eigenvalue weighted by Crippen LogP contribution is 2.23. The van der Waals surface area contributed by atoms with Crippen LogP contribution < -0.4 is 5.32 Å². The van der Waals surface area contributed by atoms with E-state index in [0.29, 0.717) is 38.9 Å². The minimum Gasteiger partial charge on any atom is -0.481 e. The maximum absolute atomic E-state index is 12.6. The topological polar surface area (TPSA) is 90.0 Å². The van der Waals surface area contributed by atoms with Crippen LogP contribution in [0.5, 0.6) is 0 Å². The summed E-state index contributed by atoms with van der Waals surface area (Å²) in [5.41, 5.74) is 0. The van der Waals surface area contributed by atoms with Crippen LogP contribution >= 0.6 is 0 Å². The van der Waals surface area contributed by atoms with E-state index in [2.05, 4.69) is 5.32 Å². The number of likely N-dealkylation sites (tertiary alicyclic amines) is 2. The van der Waals surface area contributed by atoms with Gasteiger partial charge in [-0.25, -0.2) is 4.79 Å². The number of piperidine rings is 1. The Kier molecular flexibility index (Phi) is 5.26. The number of aliphatic carboxylic acids is 1. The minimum atomic E-state index is -0.786. The van der Waals surface area contributed by atoms with Crippen LogP contribution in [0.25, 0.3) is 0 Å². The second-order valence-electron chi connectivity index (χ2n) is 6.39. The first kappa shape index (κ1) is 16.6. The van der Waals surface area contributed by atoms with Crippen LogP contribution in [-0.4, -0.2) is 64.5 Å². The lowest BCUT2D eigenvalue weighted by Crippen LogP contribution is -2.53. The number of nitrogens with one attached hydrogen (secondary N) is 1. The lowest BCUT2D eigenvalue weighted by atomic mass is 9.96. The van der Waals surface area contributed by atoms with Crippen LogP contribution in [-0.2, 0) is 9.59 Å². The number of carbonyl (C=O) groups is 3. The zero-order valence-electron chi connectivity index (χ0n) is 13.2. The summed E-state index contributed by atoms with van der Waals surface area (Å²) in [7, 11) is 0. The van der Waals surface area contributed by atoms with Crippen molar-refractivity contribution >= 4 is 17.9 Å². The molecule has 22 heavy (non-hydrogen) atoms. The van der Waals surface area contributed by atoms with Gasteiger partial charge in [0.1, 0.15) is 6.04 Å². The van der Waals surface area contributed by atoms with E-state index in [4.69, 9.17) is 5.11 Å². The predicted octanol–water partition coefficient (Wildman–Crippen LogP) is 0.892. The van der Waals surface area contributed by atoms with Crippen molar-refractivity contribution in [1.29, 1.82) is 0 Å². The summed E-state index contributed by atoms with van der Waals surface area (Å²) in [5.74, 6) is -1.18. The molecule has 1 atom stereocenters. The van der Waals surface area contributed by atoms with Gasteiger partial charge >= 0.3 is 12.0 Å². The molecule has 0 saturated carbocycles. The van der Waals surface area contributed by atoms with Gasteiger partial charge in [-0.05, 0) is 39.5 Å². The molecule has 7 heteroatoms. The normalized spacial score (nSPS) is 23.0. The molecule has 2 rings (SSSR count). The molecule has 7 nitrogen and oxygen atoms in total. The average molecular weight is 311 g/mol. The Hall–Kier alpha value is -1.79. The molecule has 2 saturated heterocycles. The molecular formula is C15H25N3O4. The summed E-state index contributed by atoms with van der Waals surface area (Å²) in [6.45, 7) is 5.31. The number of carboxylic acid groups (broad SMARTS) is 1. The summed E-state index contributed by atoms with van der Waals surface area (Å²) >= 11 is 0. The number of rotatable bonds is 3. The van der Waals surface area contributed by atoms with E-state index >= 15 is 0 Å². The Labute approximate surface area is 130 Å². The molecular weight excluding hydrogens is 286 g/mol. The molecule has 0 unspecified atom stereocenters. The molecule has 0 aromatic carbocycles. The smallest absolute Gasteiger partial charge is 0.318 e. The van der Waals surface area contributed by atoms with Gasteiger partial charge < -0.3 is 20.2 Å². The van der Waals surface area contributed by atoms with Crippen molar-refractivity contribution in [3.63, 3.8) is 0 Å². The van der Waals surface area contributed by atoms with E-state index in [1.165, 1.54) is 0 Å². The molecule has 2 aliphatic heterocycles.